The molecule has 0 unspecified atom stereocenters. The molecule has 0 bridgehead atoms. The fourth-order valence-electron chi connectivity index (χ4n) is 4.76. The maximum atomic E-state index is 13.7. The van der Waals surface area contributed by atoms with E-state index >= 15 is 0 Å². The predicted molar refractivity (Wildman–Crippen MR) is 143 cm³/mol. The molecule has 0 saturated heterocycles. The van der Waals surface area contributed by atoms with E-state index in [0.717, 1.165) is 10.1 Å². The molecule has 6 rings (SSSR count). The topological polar surface area (TPSA) is 90.0 Å². The van der Waals surface area contributed by atoms with Crippen molar-refractivity contribution >= 4 is 60.8 Å². The van der Waals surface area contributed by atoms with Crippen LogP contribution in [0.4, 0.5) is 4.39 Å². The Kier molecular flexibility index (Phi) is 5.54. The van der Waals surface area contributed by atoms with Gasteiger partial charge in [0.1, 0.15) is 23.1 Å². The number of aromatic nitrogens is 4. The van der Waals surface area contributed by atoms with Crippen LogP contribution in [0.3, 0.4) is 0 Å². The number of aliphatic carboxylic acids is 1. The Morgan fingerprint density at radius 1 is 1.08 bits per heavy atom. The van der Waals surface area contributed by atoms with Gasteiger partial charge in [-0.1, -0.05) is 29.8 Å². The Balaban J connectivity index is 1.61. The molecule has 7 nitrogen and oxygen atoms in total. The number of rotatable bonds is 5. The molecule has 0 saturated carbocycles. The number of hydrogen-bond donors (Lipinski definition) is 1. The van der Waals surface area contributed by atoms with Gasteiger partial charge in [0, 0.05) is 38.6 Å². The lowest BCUT2D eigenvalue weighted by Crippen LogP contribution is -2.24. The third kappa shape index (κ3) is 3.96. The highest BCUT2D eigenvalue weighted by Crippen LogP contribution is 2.37. The van der Waals surface area contributed by atoms with Gasteiger partial charge in [0.15, 0.2) is 0 Å². The molecule has 184 valence electrons. The molecule has 0 spiro atoms. The molecule has 0 atom stereocenters. The third-order valence-electron chi connectivity index (χ3n) is 6.36. The van der Waals surface area contributed by atoms with Gasteiger partial charge >= 0.3 is 5.97 Å². The zero-order chi connectivity index (χ0) is 25.8. The van der Waals surface area contributed by atoms with Crippen LogP contribution in [-0.4, -0.2) is 30.4 Å². The van der Waals surface area contributed by atoms with Crippen LogP contribution in [-0.2, 0) is 17.9 Å². The summed E-state index contributed by atoms with van der Waals surface area (Å²) in [6.07, 6.45) is 0. The van der Waals surface area contributed by atoms with Crippen molar-refractivity contribution in [3.8, 4) is 11.3 Å². The lowest BCUT2D eigenvalue weighted by atomic mass is 10.0. The van der Waals surface area contributed by atoms with Crippen LogP contribution in [0.5, 0.6) is 0 Å². The second-order valence-electron chi connectivity index (χ2n) is 8.68. The molecular weight excluding hydrogens is 515 g/mol. The minimum atomic E-state index is -0.975. The number of thiazole rings is 1. The molecule has 3 aromatic carbocycles. The first-order valence-corrected chi connectivity index (χ1v) is 12.5. The number of benzene rings is 3. The fraction of sp³-hybridized carbons (Fsp3) is 0.111. The first-order chi connectivity index (χ1) is 17.8. The monoisotopic (exact) mass is 532 g/mol. The van der Waals surface area contributed by atoms with Gasteiger partial charge in [0.2, 0.25) is 0 Å². The molecule has 0 aliphatic carbocycles. The van der Waals surface area contributed by atoms with Crippen LogP contribution in [0.25, 0.3) is 43.1 Å². The molecule has 3 heterocycles. The quantitative estimate of drug-likeness (QED) is 0.300. The molecule has 6 aromatic rings. The molecule has 0 fully saturated rings. The molecule has 1 N–H and O–H groups in total. The van der Waals surface area contributed by atoms with Gasteiger partial charge in [-0.05, 0) is 43.3 Å². The molecule has 0 amide bonds. The van der Waals surface area contributed by atoms with Crippen molar-refractivity contribution in [1.29, 1.82) is 0 Å². The third-order valence-corrected chi connectivity index (χ3v) is 7.62. The van der Waals surface area contributed by atoms with E-state index < -0.39 is 5.97 Å². The van der Waals surface area contributed by atoms with Crippen molar-refractivity contribution < 1.29 is 14.3 Å². The van der Waals surface area contributed by atoms with E-state index in [1.54, 1.807) is 41.0 Å². The smallest absolute Gasteiger partial charge is 0.323 e. The Hall–Kier alpha value is -4.08. The number of hydrogen-bond acceptors (Lipinski definition) is 5. The fourth-order valence-corrected chi connectivity index (χ4v) is 5.87. The van der Waals surface area contributed by atoms with E-state index in [0.29, 0.717) is 48.8 Å². The molecule has 0 aliphatic rings. The van der Waals surface area contributed by atoms with Crippen molar-refractivity contribution in [2.75, 3.05) is 0 Å². The SMILES string of the molecule is Cc1c(-c2nn(Cc3nc4cc(F)ccc4s3)c(=O)c3ccccc23)c2cc(Cl)ccc2n1CC(=O)O. The Labute approximate surface area is 218 Å². The molecule has 37 heavy (non-hydrogen) atoms. The maximum Gasteiger partial charge on any atom is 0.323 e. The second kappa shape index (κ2) is 8.79. The van der Waals surface area contributed by atoms with Gasteiger partial charge in [-0.2, -0.15) is 5.10 Å². The number of halogens is 2. The molecular formula is C27H18ClFN4O3S. The summed E-state index contributed by atoms with van der Waals surface area (Å²) >= 11 is 7.71. The van der Waals surface area contributed by atoms with E-state index in [1.165, 1.54) is 28.2 Å². The summed E-state index contributed by atoms with van der Waals surface area (Å²) in [6.45, 7) is 1.70. The van der Waals surface area contributed by atoms with E-state index in [2.05, 4.69) is 4.98 Å². The zero-order valence-corrected chi connectivity index (χ0v) is 21.0. The minimum Gasteiger partial charge on any atom is -0.480 e. The van der Waals surface area contributed by atoms with Gasteiger partial charge in [-0.3, -0.25) is 9.59 Å². The highest BCUT2D eigenvalue weighted by molar-refractivity contribution is 7.18. The van der Waals surface area contributed by atoms with E-state index in [-0.39, 0.29) is 24.5 Å². The Morgan fingerprint density at radius 3 is 2.65 bits per heavy atom. The first-order valence-electron chi connectivity index (χ1n) is 11.4. The van der Waals surface area contributed by atoms with Crippen molar-refractivity contribution in [2.45, 2.75) is 20.0 Å². The van der Waals surface area contributed by atoms with Crippen molar-refractivity contribution in [2.24, 2.45) is 0 Å². The highest BCUT2D eigenvalue weighted by Gasteiger charge is 2.22. The van der Waals surface area contributed by atoms with E-state index in [4.69, 9.17) is 16.7 Å². The zero-order valence-electron chi connectivity index (χ0n) is 19.4. The number of carboxylic acids is 1. The number of nitrogens with zero attached hydrogens (tertiary/aromatic N) is 4. The van der Waals surface area contributed by atoms with Crippen LogP contribution in [0.15, 0.2) is 65.5 Å². The number of carbonyl (C=O) groups is 1. The lowest BCUT2D eigenvalue weighted by molar-refractivity contribution is -0.137. The summed E-state index contributed by atoms with van der Waals surface area (Å²) in [5, 5.41) is 17.3. The van der Waals surface area contributed by atoms with Gasteiger partial charge < -0.3 is 9.67 Å². The molecule has 0 aliphatic heterocycles. The van der Waals surface area contributed by atoms with Crippen molar-refractivity contribution in [3.05, 3.63) is 92.6 Å². The van der Waals surface area contributed by atoms with Crippen LogP contribution >= 0.6 is 22.9 Å². The average molecular weight is 533 g/mol. The van der Waals surface area contributed by atoms with Crippen LogP contribution < -0.4 is 5.56 Å². The number of carboxylic acid groups (broad SMARTS) is 1. The lowest BCUT2D eigenvalue weighted by Gasteiger charge is -2.11. The highest BCUT2D eigenvalue weighted by atomic mass is 35.5. The van der Waals surface area contributed by atoms with Gasteiger partial charge in [0.25, 0.3) is 5.56 Å². The van der Waals surface area contributed by atoms with E-state index in [9.17, 15) is 19.1 Å². The standard InChI is InChI=1S/C27H18ClFN4O3S/c1-14-25(19-10-15(28)6-8-21(19)32(14)13-24(34)35)26-17-4-2-3-5-18(17)27(36)33(31-26)12-23-30-20-11-16(29)7-9-22(20)37-23/h2-11H,12-13H2,1H3,(H,34,35). The van der Waals surface area contributed by atoms with Crippen LogP contribution in [0.1, 0.15) is 10.7 Å². The Bertz CT molecular complexity index is 1940. The van der Waals surface area contributed by atoms with Crippen molar-refractivity contribution in [1.82, 2.24) is 19.3 Å². The molecule has 10 heteroatoms. The molecule has 3 aromatic heterocycles. The summed E-state index contributed by atoms with van der Waals surface area (Å²) in [6, 6.07) is 16.9. The first kappa shape index (κ1) is 23.3. The predicted octanol–water partition coefficient (Wildman–Crippen LogP) is 5.86. The van der Waals surface area contributed by atoms with Gasteiger partial charge in [-0.25, -0.2) is 14.1 Å². The minimum absolute atomic E-state index is 0.102. The van der Waals surface area contributed by atoms with Crippen LogP contribution in [0, 0.1) is 12.7 Å². The normalized spacial score (nSPS) is 11.6. The summed E-state index contributed by atoms with van der Waals surface area (Å²) in [5.41, 5.74) is 2.88. The molecule has 0 radical (unpaired) electrons. The Morgan fingerprint density at radius 2 is 1.86 bits per heavy atom. The van der Waals surface area contributed by atoms with Gasteiger partial charge in [-0.15, -0.1) is 11.3 Å². The summed E-state index contributed by atoms with van der Waals surface area (Å²) < 4.78 is 17.6. The summed E-state index contributed by atoms with van der Waals surface area (Å²) in [4.78, 5) is 29.6. The van der Waals surface area contributed by atoms with E-state index in [1.807, 2.05) is 19.1 Å². The second-order valence-corrected chi connectivity index (χ2v) is 10.2. The summed E-state index contributed by atoms with van der Waals surface area (Å²) in [7, 11) is 0. The van der Waals surface area contributed by atoms with Crippen LogP contribution in [0.2, 0.25) is 5.02 Å². The van der Waals surface area contributed by atoms with Gasteiger partial charge in [0.05, 0.1) is 22.1 Å². The summed E-state index contributed by atoms with van der Waals surface area (Å²) in [5.74, 6) is -1.35. The average Bonchev–Trinajstić information content (AvgIpc) is 3.38. The largest absolute Gasteiger partial charge is 0.480 e. The number of fused-ring (bicyclic) bond motifs is 3. The van der Waals surface area contributed by atoms with Crippen molar-refractivity contribution in [3.63, 3.8) is 0 Å². The maximum absolute atomic E-state index is 13.7.